The summed E-state index contributed by atoms with van der Waals surface area (Å²) in [6.45, 7) is 1.84. The molecule has 112 valence electrons. The summed E-state index contributed by atoms with van der Waals surface area (Å²) in [7, 11) is 0. The average Bonchev–Trinajstić information content (AvgIpc) is 3.10. The number of nitrogens with one attached hydrogen (secondary N) is 2. The molecule has 3 nitrogen and oxygen atoms in total. The molecule has 0 radical (unpaired) electrons. The predicted octanol–water partition coefficient (Wildman–Crippen LogP) is 3.58. The number of thiophene rings is 1. The van der Waals surface area contributed by atoms with Gasteiger partial charge in [-0.3, -0.25) is 4.79 Å². The van der Waals surface area contributed by atoms with Gasteiger partial charge in [-0.2, -0.15) is 0 Å². The fourth-order valence-corrected chi connectivity index (χ4v) is 3.30. The number of carbonyl (C=O) groups is 1. The van der Waals surface area contributed by atoms with Gasteiger partial charge in [-0.25, -0.2) is 0 Å². The van der Waals surface area contributed by atoms with Gasteiger partial charge in [0.2, 0.25) is 0 Å². The summed E-state index contributed by atoms with van der Waals surface area (Å²) in [4.78, 5) is 14.0. The van der Waals surface area contributed by atoms with Crippen molar-refractivity contribution in [1.29, 1.82) is 0 Å². The van der Waals surface area contributed by atoms with E-state index < -0.39 is 0 Å². The third kappa shape index (κ3) is 3.98. The van der Waals surface area contributed by atoms with Gasteiger partial charge in [-0.15, -0.1) is 23.7 Å². The molecular formula is C15H16Cl2N2OS. The molecule has 1 unspecified atom stereocenters. The molecule has 2 N–H and O–H groups in total. The van der Waals surface area contributed by atoms with E-state index in [2.05, 4.69) is 10.6 Å². The summed E-state index contributed by atoms with van der Waals surface area (Å²) in [5.74, 6) is 0.0175. The van der Waals surface area contributed by atoms with E-state index in [4.69, 9.17) is 11.6 Å². The monoisotopic (exact) mass is 342 g/mol. The standard InChI is InChI=1S/C15H15ClN2OS.ClH/c16-11-3-1-10(2-4-11)13-5-6-14(20-13)15(19)18-12-7-8-17-9-12;/h1-6,12,17H,7-9H2,(H,18,19);1H. The molecule has 1 aromatic carbocycles. The lowest BCUT2D eigenvalue weighted by Crippen LogP contribution is -2.35. The van der Waals surface area contributed by atoms with E-state index in [1.165, 1.54) is 11.3 Å². The Morgan fingerprint density at radius 1 is 1.24 bits per heavy atom. The van der Waals surface area contributed by atoms with Gasteiger partial charge in [-0.05, 0) is 42.8 Å². The lowest BCUT2D eigenvalue weighted by atomic mass is 10.2. The Hall–Kier alpha value is -1.07. The molecule has 1 aliphatic heterocycles. The number of hydrogen-bond acceptors (Lipinski definition) is 3. The minimum Gasteiger partial charge on any atom is -0.347 e. The van der Waals surface area contributed by atoms with Crippen molar-refractivity contribution >= 4 is 41.3 Å². The highest BCUT2D eigenvalue weighted by Gasteiger charge is 2.18. The second-order valence-corrected chi connectivity index (χ2v) is 6.35. The van der Waals surface area contributed by atoms with E-state index in [9.17, 15) is 4.79 Å². The molecule has 1 atom stereocenters. The van der Waals surface area contributed by atoms with Gasteiger partial charge < -0.3 is 10.6 Å². The van der Waals surface area contributed by atoms with Crippen molar-refractivity contribution in [2.45, 2.75) is 12.5 Å². The smallest absolute Gasteiger partial charge is 0.261 e. The molecule has 0 aliphatic carbocycles. The molecule has 1 saturated heterocycles. The molecular weight excluding hydrogens is 327 g/mol. The Morgan fingerprint density at radius 2 is 2.00 bits per heavy atom. The topological polar surface area (TPSA) is 41.1 Å². The van der Waals surface area contributed by atoms with Crippen molar-refractivity contribution in [1.82, 2.24) is 10.6 Å². The van der Waals surface area contributed by atoms with Crippen LogP contribution in [0.1, 0.15) is 16.1 Å². The predicted molar refractivity (Wildman–Crippen MR) is 90.8 cm³/mol. The SMILES string of the molecule is Cl.O=C(NC1CCNC1)c1ccc(-c2ccc(Cl)cc2)s1. The number of carbonyl (C=O) groups excluding carboxylic acids is 1. The van der Waals surface area contributed by atoms with Crippen LogP contribution in [0.25, 0.3) is 10.4 Å². The van der Waals surface area contributed by atoms with E-state index in [1.807, 2.05) is 36.4 Å². The normalized spacial score (nSPS) is 17.3. The quantitative estimate of drug-likeness (QED) is 0.894. The number of hydrogen-bond donors (Lipinski definition) is 2. The summed E-state index contributed by atoms with van der Waals surface area (Å²) < 4.78 is 0. The first-order valence-corrected chi connectivity index (χ1v) is 7.79. The maximum Gasteiger partial charge on any atom is 0.261 e. The van der Waals surface area contributed by atoms with Gasteiger partial charge in [0.05, 0.1) is 4.88 Å². The Bertz CT molecular complexity index is 606. The lowest BCUT2D eigenvalue weighted by molar-refractivity contribution is 0.0944. The molecule has 2 aromatic rings. The van der Waals surface area contributed by atoms with Crippen molar-refractivity contribution in [2.75, 3.05) is 13.1 Å². The first-order valence-electron chi connectivity index (χ1n) is 6.60. The highest BCUT2D eigenvalue weighted by Crippen LogP contribution is 2.29. The molecule has 1 aliphatic rings. The Balaban J connectivity index is 0.00000161. The van der Waals surface area contributed by atoms with Crippen LogP contribution in [0.5, 0.6) is 0 Å². The van der Waals surface area contributed by atoms with Crippen LogP contribution in [0.15, 0.2) is 36.4 Å². The second-order valence-electron chi connectivity index (χ2n) is 4.83. The van der Waals surface area contributed by atoms with Crippen LogP contribution in [-0.2, 0) is 0 Å². The molecule has 1 fully saturated rings. The van der Waals surface area contributed by atoms with Crippen LogP contribution in [-0.4, -0.2) is 25.0 Å². The van der Waals surface area contributed by atoms with Gasteiger partial charge >= 0.3 is 0 Å². The summed E-state index contributed by atoms with van der Waals surface area (Å²) in [6, 6.07) is 11.8. The number of rotatable bonds is 3. The van der Waals surface area contributed by atoms with Crippen LogP contribution in [0.3, 0.4) is 0 Å². The third-order valence-corrected chi connectivity index (χ3v) is 4.74. The van der Waals surface area contributed by atoms with E-state index in [0.717, 1.165) is 39.9 Å². The van der Waals surface area contributed by atoms with E-state index >= 15 is 0 Å². The minimum atomic E-state index is 0. The average molecular weight is 343 g/mol. The van der Waals surface area contributed by atoms with E-state index in [-0.39, 0.29) is 24.4 Å². The number of benzene rings is 1. The van der Waals surface area contributed by atoms with Crippen molar-refractivity contribution in [3.05, 3.63) is 46.3 Å². The molecule has 6 heteroatoms. The molecule has 3 rings (SSSR count). The lowest BCUT2D eigenvalue weighted by Gasteiger charge is -2.09. The van der Waals surface area contributed by atoms with Crippen molar-refractivity contribution < 1.29 is 4.79 Å². The van der Waals surface area contributed by atoms with Gasteiger partial charge in [0, 0.05) is 22.5 Å². The third-order valence-electron chi connectivity index (χ3n) is 3.35. The van der Waals surface area contributed by atoms with Gasteiger partial charge in [0.1, 0.15) is 0 Å². The number of amides is 1. The van der Waals surface area contributed by atoms with Crippen LogP contribution < -0.4 is 10.6 Å². The highest BCUT2D eigenvalue weighted by atomic mass is 35.5. The molecule has 0 spiro atoms. The molecule has 0 saturated carbocycles. The van der Waals surface area contributed by atoms with Crippen LogP contribution in [0.2, 0.25) is 5.02 Å². The first-order chi connectivity index (χ1) is 9.72. The highest BCUT2D eigenvalue weighted by molar-refractivity contribution is 7.17. The summed E-state index contributed by atoms with van der Waals surface area (Å²) in [5.41, 5.74) is 1.08. The Labute approximate surface area is 139 Å². The fourth-order valence-electron chi connectivity index (χ4n) is 2.26. The maximum atomic E-state index is 12.1. The second kappa shape index (κ2) is 7.27. The zero-order valence-corrected chi connectivity index (χ0v) is 13.7. The molecule has 1 aromatic heterocycles. The van der Waals surface area contributed by atoms with Crippen molar-refractivity contribution in [2.24, 2.45) is 0 Å². The fraction of sp³-hybridized carbons (Fsp3) is 0.267. The van der Waals surface area contributed by atoms with Crippen LogP contribution >= 0.6 is 35.3 Å². The van der Waals surface area contributed by atoms with Gasteiger partial charge in [-0.1, -0.05) is 23.7 Å². The minimum absolute atomic E-state index is 0. The van der Waals surface area contributed by atoms with Gasteiger partial charge in [0.25, 0.3) is 5.91 Å². The summed E-state index contributed by atoms with van der Waals surface area (Å²) in [5, 5.41) is 7.02. The first kappa shape index (κ1) is 16.3. The Kier molecular flexibility index (Phi) is 5.65. The Morgan fingerprint density at radius 3 is 2.67 bits per heavy atom. The van der Waals surface area contributed by atoms with Crippen molar-refractivity contribution in [3.63, 3.8) is 0 Å². The maximum absolute atomic E-state index is 12.1. The van der Waals surface area contributed by atoms with Crippen molar-refractivity contribution in [3.8, 4) is 10.4 Å². The molecule has 21 heavy (non-hydrogen) atoms. The molecule has 2 heterocycles. The number of halogens is 2. The van der Waals surface area contributed by atoms with Crippen LogP contribution in [0.4, 0.5) is 0 Å². The van der Waals surface area contributed by atoms with E-state index in [0.29, 0.717) is 0 Å². The molecule has 1 amide bonds. The summed E-state index contributed by atoms with van der Waals surface area (Å²) >= 11 is 7.39. The van der Waals surface area contributed by atoms with Crippen LogP contribution in [0, 0.1) is 0 Å². The summed E-state index contributed by atoms with van der Waals surface area (Å²) in [6.07, 6.45) is 1.00. The van der Waals surface area contributed by atoms with Gasteiger partial charge in [0.15, 0.2) is 0 Å². The van der Waals surface area contributed by atoms with E-state index in [1.54, 1.807) is 0 Å². The largest absolute Gasteiger partial charge is 0.347 e. The zero-order chi connectivity index (χ0) is 13.9. The zero-order valence-electron chi connectivity index (χ0n) is 11.3. The molecule has 0 bridgehead atoms.